The lowest BCUT2D eigenvalue weighted by Gasteiger charge is -2.57. The van der Waals surface area contributed by atoms with Crippen LogP contribution in [0.4, 0.5) is 0 Å². The Kier molecular flexibility index (Phi) is 10.3. The predicted molar refractivity (Wildman–Crippen MR) is 138 cm³/mol. The van der Waals surface area contributed by atoms with E-state index in [1.54, 1.807) is 42.5 Å². The molecular formula is C28H39NO8. The zero-order chi connectivity index (χ0) is 27.0. The van der Waals surface area contributed by atoms with Gasteiger partial charge in [0, 0.05) is 21.3 Å². The summed E-state index contributed by atoms with van der Waals surface area (Å²) in [5.41, 5.74) is 1.87. The largest absolute Gasteiger partial charge is 0.497 e. The van der Waals surface area contributed by atoms with E-state index in [9.17, 15) is 4.79 Å². The van der Waals surface area contributed by atoms with Gasteiger partial charge in [-0.15, -0.1) is 0 Å². The second-order valence-electron chi connectivity index (χ2n) is 8.98. The van der Waals surface area contributed by atoms with Crippen molar-refractivity contribution in [3.8, 4) is 11.5 Å². The number of hydrogen-bond donors (Lipinski definition) is 0. The maximum absolute atomic E-state index is 13.9. The highest BCUT2D eigenvalue weighted by Gasteiger charge is 2.61. The third-order valence-electron chi connectivity index (χ3n) is 7.03. The summed E-state index contributed by atoms with van der Waals surface area (Å²) in [5, 5.41) is 0. The van der Waals surface area contributed by atoms with Crippen LogP contribution in [0.2, 0.25) is 0 Å². The highest BCUT2D eigenvalue weighted by molar-refractivity contribution is 5.88. The van der Waals surface area contributed by atoms with E-state index in [1.165, 1.54) is 0 Å². The first kappa shape index (κ1) is 28.9. The van der Waals surface area contributed by atoms with Crippen molar-refractivity contribution in [2.75, 3.05) is 55.6 Å². The number of rotatable bonds is 15. The molecular weight excluding hydrogens is 478 g/mol. The van der Waals surface area contributed by atoms with Crippen molar-refractivity contribution in [3.63, 3.8) is 0 Å². The molecule has 9 nitrogen and oxygen atoms in total. The van der Waals surface area contributed by atoms with E-state index >= 15 is 0 Å². The van der Waals surface area contributed by atoms with Crippen LogP contribution in [0.1, 0.15) is 31.0 Å². The fraction of sp³-hybridized carbons (Fsp3) is 0.536. The van der Waals surface area contributed by atoms with Crippen LogP contribution in [0.15, 0.2) is 48.5 Å². The molecule has 0 spiro atoms. The lowest BCUT2D eigenvalue weighted by Crippen LogP contribution is -2.72. The summed E-state index contributed by atoms with van der Waals surface area (Å²) in [7, 11) is 7.95. The van der Waals surface area contributed by atoms with Gasteiger partial charge in [-0.3, -0.25) is 4.79 Å². The van der Waals surface area contributed by atoms with Crippen LogP contribution in [0.5, 0.6) is 11.5 Å². The minimum absolute atomic E-state index is 0.0716. The van der Waals surface area contributed by atoms with E-state index in [2.05, 4.69) is 0 Å². The molecule has 204 valence electrons. The quantitative estimate of drug-likeness (QED) is 0.201. The maximum atomic E-state index is 13.9. The number of likely N-dealkylation sites (tertiary alicyclic amines) is 1. The molecule has 37 heavy (non-hydrogen) atoms. The van der Waals surface area contributed by atoms with Crippen molar-refractivity contribution in [1.82, 2.24) is 4.90 Å². The van der Waals surface area contributed by atoms with Gasteiger partial charge in [0.1, 0.15) is 24.2 Å². The molecule has 0 aliphatic carbocycles. The Morgan fingerprint density at radius 3 is 1.78 bits per heavy atom. The predicted octanol–water partition coefficient (Wildman–Crippen LogP) is 3.65. The van der Waals surface area contributed by atoms with E-state index in [-0.39, 0.29) is 30.9 Å². The Hall–Kier alpha value is -2.69. The molecule has 0 aromatic heterocycles. The molecule has 3 atom stereocenters. The molecule has 0 saturated carbocycles. The first-order valence-electron chi connectivity index (χ1n) is 12.2. The van der Waals surface area contributed by atoms with Gasteiger partial charge in [0.2, 0.25) is 5.91 Å². The number of β-lactam (4-membered cyclic amide) rings is 1. The number of hydrogen-bond acceptors (Lipinski definition) is 8. The summed E-state index contributed by atoms with van der Waals surface area (Å²) in [6.07, 6.45) is -0.381. The monoisotopic (exact) mass is 517 g/mol. The Morgan fingerprint density at radius 1 is 0.838 bits per heavy atom. The Balaban J connectivity index is 2.01. The van der Waals surface area contributed by atoms with Crippen molar-refractivity contribution in [2.24, 2.45) is 5.92 Å². The number of amides is 1. The van der Waals surface area contributed by atoms with Gasteiger partial charge >= 0.3 is 0 Å². The molecule has 1 amide bonds. The van der Waals surface area contributed by atoms with Crippen molar-refractivity contribution < 1.29 is 38.0 Å². The van der Waals surface area contributed by atoms with Crippen molar-refractivity contribution >= 4 is 5.91 Å². The lowest BCUT2D eigenvalue weighted by molar-refractivity contribution is -0.271. The van der Waals surface area contributed by atoms with Crippen LogP contribution in [0.3, 0.4) is 0 Å². The molecule has 1 fully saturated rings. The van der Waals surface area contributed by atoms with Crippen LogP contribution in [-0.4, -0.2) is 84.3 Å². The number of carbonyl (C=O) groups is 1. The smallest absolute Gasteiger partial charge is 0.234 e. The number of nitrogens with zero attached hydrogens (tertiary/aromatic N) is 1. The second kappa shape index (κ2) is 13.2. The maximum Gasteiger partial charge on any atom is 0.234 e. The Bertz CT molecular complexity index is 929. The molecule has 1 saturated heterocycles. The molecule has 3 rings (SSSR count). The fourth-order valence-electron chi connectivity index (χ4n) is 4.74. The average Bonchev–Trinajstić information content (AvgIpc) is 2.94. The second-order valence-corrected chi connectivity index (χ2v) is 8.98. The van der Waals surface area contributed by atoms with Crippen molar-refractivity contribution in [2.45, 2.75) is 37.8 Å². The summed E-state index contributed by atoms with van der Waals surface area (Å²) in [6, 6.07) is 14.7. The van der Waals surface area contributed by atoms with Crippen LogP contribution in [0, 0.1) is 5.92 Å². The minimum atomic E-state index is -1.13. The number of benzene rings is 2. The number of carbonyl (C=O) groups excluding carboxylic acids is 1. The summed E-state index contributed by atoms with van der Waals surface area (Å²) in [4.78, 5) is 15.8. The fourth-order valence-corrected chi connectivity index (χ4v) is 4.74. The molecule has 0 N–H and O–H groups in total. The highest BCUT2D eigenvalue weighted by atomic mass is 16.7. The summed E-state index contributed by atoms with van der Waals surface area (Å²) in [5.74, 6) is -0.341. The third kappa shape index (κ3) is 6.25. The molecule has 2 aromatic rings. The summed E-state index contributed by atoms with van der Waals surface area (Å²) >= 11 is 0. The Labute approximate surface area is 219 Å². The summed E-state index contributed by atoms with van der Waals surface area (Å²) < 4.78 is 38.7. The van der Waals surface area contributed by atoms with Crippen LogP contribution in [-0.2, 0) is 28.5 Å². The molecule has 2 aromatic carbocycles. The first-order valence-corrected chi connectivity index (χ1v) is 12.2. The van der Waals surface area contributed by atoms with Gasteiger partial charge < -0.3 is 38.1 Å². The van der Waals surface area contributed by atoms with Gasteiger partial charge in [0.25, 0.3) is 0 Å². The SMILES string of the molecule is COCCOCO[C@@H](C)[C@@H]1[C@@H](C(C)(OC)OC)C(=O)N1C(c1ccc(OC)cc1)c1ccc(OC)cc1. The third-order valence-corrected chi connectivity index (χ3v) is 7.03. The summed E-state index contributed by atoms with van der Waals surface area (Å²) in [6.45, 7) is 4.66. The molecule has 1 aliphatic heterocycles. The van der Waals surface area contributed by atoms with Gasteiger partial charge in [-0.2, -0.15) is 0 Å². The van der Waals surface area contributed by atoms with Gasteiger partial charge in [0.05, 0.1) is 45.6 Å². The van der Waals surface area contributed by atoms with Crippen LogP contribution in [0.25, 0.3) is 0 Å². The topological polar surface area (TPSA) is 84.9 Å². The lowest BCUT2D eigenvalue weighted by atomic mass is 9.75. The van der Waals surface area contributed by atoms with Gasteiger partial charge in [-0.1, -0.05) is 24.3 Å². The average molecular weight is 518 g/mol. The van der Waals surface area contributed by atoms with Crippen LogP contribution >= 0.6 is 0 Å². The van der Waals surface area contributed by atoms with Crippen molar-refractivity contribution in [3.05, 3.63) is 59.7 Å². The molecule has 0 bridgehead atoms. The van der Waals surface area contributed by atoms with Gasteiger partial charge in [-0.05, 0) is 49.2 Å². The molecule has 1 heterocycles. The van der Waals surface area contributed by atoms with E-state index in [0.29, 0.717) is 13.2 Å². The number of ether oxygens (including phenoxy) is 7. The van der Waals surface area contributed by atoms with E-state index in [0.717, 1.165) is 22.6 Å². The molecule has 1 aliphatic rings. The molecule has 0 radical (unpaired) electrons. The molecule has 0 unspecified atom stereocenters. The zero-order valence-electron chi connectivity index (χ0n) is 22.8. The van der Waals surface area contributed by atoms with Gasteiger partial charge in [-0.25, -0.2) is 0 Å². The Morgan fingerprint density at radius 2 is 1.35 bits per heavy atom. The van der Waals surface area contributed by atoms with E-state index in [1.807, 2.05) is 60.4 Å². The zero-order valence-corrected chi connectivity index (χ0v) is 22.8. The molecule has 9 heteroatoms. The van der Waals surface area contributed by atoms with Crippen molar-refractivity contribution in [1.29, 1.82) is 0 Å². The normalized spacial score (nSPS) is 18.6. The van der Waals surface area contributed by atoms with Crippen LogP contribution < -0.4 is 9.47 Å². The highest BCUT2D eigenvalue weighted by Crippen LogP contribution is 2.47. The van der Waals surface area contributed by atoms with E-state index in [4.69, 9.17) is 33.2 Å². The minimum Gasteiger partial charge on any atom is -0.497 e. The number of methoxy groups -OCH3 is 5. The standard InChI is InChI=1S/C28H39NO8/c1-19(37-18-36-17-16-31-3)25-24(28(2,34-6)35-7)27(30)29(25)26(20-8-12-22(32-4)13-9-20)21-10-14-23(33-5)15-11-21/h8-15,19,24-26H,16-18H2,1-7H3/t19-,24+,25+/m0/s1. The first-order chi connectivity index (χ1) is 17.8. The van der Waals surface area contributed by atoms with Gasteiger partial charge in [0.15, 0.2) is 5.79 Å². The van der Waals surface area contributed by atoms with E-state index < -0.39 is 11.7 Å².